The quantitative estimate of drug-likeness (QED) is 0.672. The van der Waals surface area contributed by atoms with E-state index in [1.165, 1.54) is 5.39 Å². The van der Waals surface area contributed by atoms with Gasteiger partial charge < -0.3 is 0 Å². The Balaban J connectivity index is 2.36. The minimum Gasteiger partial charge on any atom is -0.271 e. The SMILES string of the molecule is CC(C)(C)Cn1cc2ccccc2n1. The van der Waals surface area contributed by atoms with Gasteiger partial charge in [-0.25, -0.2) is 0 Å². The zero-order valence-corrected chi connectivity index (χ0v) is 8.99. The summed E-state index contributed by atoms with van der Waals surface area (Å²) >= 11 is 0. The third-order valence-corrected chi connectivity index (χ3v) is 2.10. The van der Waals surface area contributed by atoms with E-state index in [1.807, 2.05) is 16.8 Å². The second-order valence-corrected chi connectivity index (χ2v) is 4.95. The van der Waals surface area contributed by atoms with Gasteiger partial charge in [0.05, 0.1) is 5.52 Å². The lowest BCUT2D eigenvalue weighted by molar-refractivity contribution is 0.326. The Kier molecular flexibility index (Phi) is 2.06. The van der Waals surface area contributed by atoms with Gasteiger partial charge in [0.15, 0.2) is 0 Å². The Morgan fingerprint density at radius 3 is 2.57 bits per heavy atom. The van der Waals surface area contributed by atoms with Crippen LogP contribution in [0.4, 0.5) is 0 Å². The van der Waals surface area contributed by atoms with E-state index in [-0.39, 0.29) is 5.41 Å². The Labute approximate surface area is 84.5 Å². The molecule has 0 atom stereocenters. The van der Waals surface area contributed by atoms with E-state index in [0.717, 1.165) is 12.1 Å². The minimum atomic E-state index is 0.280. The molecule has 0 aliphatic heterocycles. The molecule has 0 saturated carbocycles. The predicted molar refractivity (Wildman–Crippen MR) is 59.2 cm³/mol. The molecule has 0 spiro atoms. The van der Waals surface area contributed by atoms with Crippen LogP contribution in [-0.2, 0) is 6.54 Å². The van der Waals surface area contributed by atoms with Gasteiger partial charge in [0, 0.05) is 18.1 Å². The Morgan fingerprint density at radius 1 is 1.21 bits per heavy atom. The molecule has 2 rings (SSSR count). The van der Waals surface area contributed by atoms with Crippen LogP contribution in [0, 0.1) is 5.41 Å². The van der Waals surface area contributed by atoms with Crippen molar-refractivity contribution >= 4 is 10.9 Å². The van der Waals surface area contributed by atoms with Crippen LogP contribution in [0.1, 0.15) is 20.8 Å². The van der Waals surface area contributed by atoms with Gasteiger partial charge in [-0.15, -0.1) is 0 Å². The van der Waals surface area contributed by atoms with Crippen LogP contribution < -0.4 is 0 Å². The van der Waals surface area contributed by atoms with Gasteiger partial charge in [-0.05, 0) is 11.5 Å². The summed E-state index contributed by atoms with van der Waals surface area (Å²) in [6.45, 7) is 7.62. The molecule has 74 valence electrons. The van der Waals surface area contributed by atoms with Crippen LogP contribution in [0.3, 0.4) is 0 Å². The molecule has 1 aromatic heterocycles. The van der Waals surface area contributed by atoms with E-state index in [2.05, 4.69) is 44.2 Å². The van der Waals surface area contributed by atoms with E-state index >= 15 is 0 Å². The Morgan fingerprint density at radius 2 is 1.93 bits per heavy atom. The molecule has 0 N–H and O–H groups in total. The number of hydrogen-bond donors (Lipinski definition) is 0. The maximum absolute atomic E-state index is 4.51. The fourth-order valence-electron chi connectivity index (χ4n) is 1.58. The summed E-state index contributed by atoms with van der Waals surface area (Å²) in [5.41, 5.74) is 1.36. The number of aromatic nitrogens is 2. The lowest BCUT2D eigenvalue weighted by Gasteiger charge is -2.17. The highest BCUT2D eigenvalue weighted by Gasteiger charge is 2.11. The number of hydrogen-bond acceptors (Lipinski definition) is 1. The van der Waals surface area contributed by atoms with E-state index in [9.17, 15) is 0 Å². The summed E-state index contributed by atoms with van der Waals surface area (Å²) in [4.78, 5) is 0. The highest BCUT2D eigenvalue weighted by molar-refractivity contribution is 5.77. The van der Waals surface area contributed by atoms with Gasteiger partial charge >= 0.3 is 0 Å². The van der Waals surface area contributed by atoms with Crippen LogP contribution >= 0.6 is 0 Å². The van der Waals surface area contributed by atoms with Gasteiger partial charge in [-0.1, -0.05) is 39.0 Å². The van der Waals surface area contributed by atoms with Crippen molar-refractivity contribution in [2.75, 3.05) is 0 Å². The van der Waals surface area contributed by atoms with Crippen molar-refractivity contribution in [3.05, 3.63) is 30.5 Å². The molecule has 0 aliphatic rings. The molecular weight excluding hydrogens is 172 g/mol. The summed E-state index contributed by atoms with van der Waals surface area (Å²) in [5, 5.41) is 5.73. The molecule has 0 aliphatic carbocycles. The van der Waals surface area contributed by atoms with Crippen molar-refractivity contribution in [1.82, 2.24) is 9.78 Å². The third kappa shape index (κ3) is 1.95. The molecule has 0 fully saturated rings. The smallest absolute Gasteiger partial charge is 0.0923 e. The standard InChI is InChI=1S/C12H16N2/c1-12(2,3)9-14-8-10-6-4-5-7-11(10)13-14/h4-8H,9H2,1-3H3. The van der Waals surface area contributed by atoms with E-state index in [1.54, 1.807) is 0 Å². The third-order valence-electron chi connectivity index (χ3n) is 2.10. The lowest BCUT2D eigenvalue weighted by Crippen LogP contribution is -2.15. The van der Waals surface area contributed by atoms with Crippen LogP contribution in [-0.4, -0.2) is 9.78 Å². The molecule has 14 heavy (non-hydrogen) atoms. The summed E-state index contributed by atoms with van der Waals surface area (Å²) in [5.74, 6) is 0. The van der Waals surface area contributed by atoms with Gasteiger partial charge in [-0.2, -0.15) is 5.10 Å². The van der Waals surface area contributed by atoms with E-state index < -0.39 is 0 Å². The number of rotatable bonds is 1. The average molecular weight is 188 g/mol. The van der Waals surface area contributed by atoms with Gasteiger partial charge in [0.2, 0.25) is 0 Å². The van der Waals surface area contributed by atoms with Crippen molar-refractivity contribution in [3.63, 3.8) is 0 Å². The molecule has 0 bridgehead atoms. The zero-order valence-electron chi connectivity index (χ0n) is 8.99. The maximum Gasteiger partial charge on any atom is 0.0923 e. The monoisotopic (exact) mass is 188 g/mol. The lowest BCUT2D eigenvalue weighted by atomic mass is 9.97. The Hall–Kier alpha value is -1.31. The molecule has 2 heteroatoms. The molecule has 0 unspecified atom stereocenters. The minimum absolute atomic E-state index is 0.280. The van der Waals surface area contributed by atoms with Crippen molar-refractivity contribution in [3.8, 4) is 0 Å². The highest BCUT2D eigenvalue weighted by Crippen LogP contribution is 2.18. The molecule has 2 nitrogen and oxygen atoms in total. The van der Waals surface area contributed by atoms with Crippen molar-refractivity contribution < 1.29 is 0 Å². The van der Waals surface area contributed by atoms with Crippen molar-refractivity contribution in [2.45, 2.75) is 27.3 Å². The first kappa shape index (κ1) is 9.25. The number of fused-ring (bicyclic) bond motifs is 1. The molecule has 0 radical (unpaired) electrons. The van der Waals surface area contributed by atoms with Crippen LogP contribution in [0.25, 0.3) is 10.9 Å². The summed E-state index contributed by atoms with van der Waals surface area (Å²) in [6.07, 6.45) is 2.11. The molecule has 1 aromatic carbocycles. The first-order valence-electron chi connectivity index (χ1n) is 4.97. The summed E-state index contributed by atoms with van der Waals surface area (Å²) in [7, 11) is 0. The second-order valence-electron chi connectivity index (χ2n) is 4.95. The molecule has 0 saturated heterocycles. The topological polar surface area (TPSA) is 17.8 Å². The molecule has 2 aromatic rings. The number of benzene rings is 1. The fraction of sp³-hybridized carbons (Fsp3) is 0.417. The maximum atomic E-state index is 4.51. The molecule has 0 amide bonds. The largest absolute Gasteiger partial charge is 0.271 e. The summed E-state index contributed by atoms with van der Waals surface area (Å²) in [6, 6.07) is 8.22. The average Bonchev–Trinajstić information content (AvgIpc) is 2.42. The van der Waals surface area contributed by atoms with Crippen LogP contribution in [0.2, 0.25) is 0 Å². The van der Waals surface area contributed by atoms with Crippen LogP contribution in [0.5, 0.6) is 0 Å². The van der Waals surface area contributed by atoms with Crippen molar-refractivity contribution in [2.24, 2.45) is 5.41 Å². The zero-order chi connectivity index (χ0) is 10.2. The molecule has 1 heterocycles. The van der Waals surface area contributed by atoms with Gasteiger partial charge in [-0.3, -0.25) is 4.68 Å². The second kappa shape index (κ2) is 3.12. The Bertz CT molecular complexity index is 402. The van der Waals surface area contributed by atoms with E-state index in [0.29, 0.717) is 0 Å². The fourth-order valence-corrected chi connectivity index (χ4v) is 1.58. The van der Waals surface area contributed by atoms with Crippen LogP contribution in [0.15, 0.2) is 30.5 Å². The normalized spacial score (nSPS) is 12.2. The van der Waals surface area contributed by atoms with E-state index in [4.69, 9.17) is 0 Å². The summed E-state index contributed by atoms with van der Waals surface area (Å²) < 4.78 is 2.03. The van der Waals surface area contributed by atoms with Gasteiger partial charge in [0.25, 0.3) is 0 Å². The predicted octanol–water partition coefficient (Wildman–Crippen LogP) is 3.08. The van der Waals surface area contributed by atoms with Gasteiger partial charge in [0.1, 0.15) is 0 Å². The highest BCUT2D eigenvalue weighted by atomic mass is 15.3. The first-order valence-corrected chi connectivity index (χ1v) is 4.97. The number of nitrogens with zero attached hydrogens (tertiary/aromatic N) is 2. The molecular formula is C12H16N2. The first-order chi connectivity index (χ1) is 6.54. The van der Waals surface area contributed by atoms with Crippen molar-refractivity contribution in [1.29, 1.82) is 0 Å².